The van der Waals surface area contributed by atoms with E-state index in [4.69, 9.17) is 0 Å². The molecule has 6 heteroatoms. The topological polar surface area (TPSA) is 28.2 Å². The molecule has 1 aromatic rings. The number of alkyl halides is 2. The number of pyridine rings is 1. The maximum absolute atomic E-state index is 12.7. The summed E-state index contributed by atoms with van der Waals surface area (Å²) in [7, 11) is 3.42. The monoisotopic (exact) mass is 261 g/mol. The van der Waals surface area contributed by atoms with Gasteiger partial charge in [0, 0.05) is 0 Å². The SMILES string of the molecule is CNC(CCN(C)CC(F)F)c1ccc(F)cn1. The maximum Gasteiger partial charge on any atom is 0.251 e. The molecule has 0 aliphatic heterocycles. The van der Waals surface area contributed by atoms with Crippen molar-refractivity contribution in [3.8, 4) is 0 Å². The minimum atomic E-state index is -2.33. The number of halogens is 3. The van der Waals surface area contributed by atoms with E-state index in [2.05, 4.69) is 10.3 Å². The third-order valence-corrected chi connectivity index (χ3v) is 2.70. The Hall–Kier alpha value is -1.14. The third kappa shape index (κ3) is 5.01. The fraction of sp³-hybridized carbons (Fsp3) is 0.583. The smallest absolute Gasteiger partial charge is 0.251 e. The fourth-order valence-corrected chi connectivity index (χ4v) is 1.71. The van der Waals surface area contributed by atoms with Crippen molar-refractivity contribution in [3.05, 3.63) is 29.8 Å². The highest BCUT2D eigenvalue weighted by Gasteiger charge is 2.13. The fourth-order valence-electron chi connectivity index (χ4n) is 1.71. The van der Waals surface area contributed by atoms with Crippen LogP contribution in [0.2, 0.25) is 0 Å². The molecule has 0 aromatic carbocycles. The molecule has 1 atom stereocenters. The molecule has 1 heterocycles. The molecule has 0 fully saturated rings. The van der Waals surface area contributed by atoms with Crippen LogP contribution in [0.5, 0.6) is 0 Å². The molecule has 0 spiro atoms. The maximum atomic E-state index is 12.7. The van der Waals surface area contributed by atoms with Gasteiger partial charge in [0.2, 0.25) is 0 Å². The van der Waals surface area contributed by atoms with Gasteiger partial charge in [0.05, 0.1) is 24.5 Å². The Bertz CT molecular complexity index is 343. The molecule has 0 saturated carbocycles. The van der Waals surface area contributed by atoms with Gasteiger partial charge in [-0.25, -0.2) is 13.2 Å². The molecule has 102 valence electrons. The van der Waals surface area contributed by atoms with Crippen LogP contribution < -0.4 is 5.32 Å². The molecule has 1 unspecified atom stereocenters. The summed E-state index contributed by atoms with van der Waals surface area (Å²) in [6.07, 6.45) is -0.534. The van der Waals surface area contributed by atoms with E-state index in [1.54, 1.807) is 25.1 Å². The standard InChI is InChI=1S/C12H18F3N3/c1-16-10(5-6-18(2)8-12(14)15)11-4-3-9(13)7-17-11/h3-4,7,10,12,16H,5-6,8H2,1-2H3. The van der Waals surface area contributed by atoms with Crippen molar-refractivity contribution in [2.45, 2.75) is 18.9 Å². The van der Waals surface area contributed by atoms with Crippen LogP contribution in [0.25, 0.3) is 0 Å². The number of rotatable bonds is 7. The quantitative estimate of drug-likeness (QED) is 0.814. The van der Waals surface area contributed by atoms with Crippen LogP contribution in [-0.4, -0.2) is 43.5 Å². The average molecular weight is 261 g/mol. The highest BCUT2D eigenvalue weighted by molar-refractivity contribution is 5.09. The van der Waals surface area contributed by atoms with E-state index in [0.717, 1.165) is 6.20 Å². The van der Waals surface area contributed by atoms with Gasteiger partial charge < -0.3 is 10.2 Å². The van der Waals surface area contributed by atoms with Crippen molar-refractivity contribution in [2.75, 3.05) is 27.2 Å². The average Bonchev–Trinajstić information content (AvgIpc) is 2.31. The molecule has 1 N–H and O–H groups in total. The number of hydrogen-bond acceptors (Lipinski definition) is 3. The van der Waals surface area contributed by atoms with E-state index < -0.39 is 6.43 Å². The Labute approximate surface area is 105 Å². The van der Waals surface area contributed by atoms with Crippen molar-refractivity contribution < 1.29 is 13.2 Å². The van der Waals surface area contributed by atoms with Gasteiger partial charge in [-0.05, 0) is 39.2 Å². The van der Waals surface area contributed by atoms with Gasteiger partial charge in [-0.3, -0.25) is 4.98 Å². The Kier molecular flexibility index (Phi) is 6.07. The zero-order chi connectivity index (χ0) is 13.5. The lowest BCUT2D eigenvalue weighted by atomic mass is 10.1. The van der Waals surface area contributed by atoms with E-state index >= 15 is 0 Å². The molecule has 3 nitrogen and oxygen atoms in total. The Morgan fingerprint density at radius 3 is 2.61 bits per heavy atom. The number of nitrogens with one attached hydrogen (secondary N) is 1. The van der Waals surface area contributed by atoms with Crippen LogP contribution in [0.3, 0.4) is 0 Å². The summed E-state index contributed by atoms with van der Waals surface area (Å²) in [5.74, 6) is -0.386. The second-order valence-electron chi connectivity index (χ2n) is 4.18. The molecule has 0 aliphatic rings. The van der Waals surface area contributed by atoms with Gasteiger partial charge >= 0.3 is 0 Å². The van der Waals surface area contributed by atoms with Gasteiger partial charge in [-0.15, -0.1) is 0 Å². The van der Waals surface area contributed by atoms with E-state index in [9.17, 15) is 13.2 Å². The molecule has 0 saturated heterocycles. The second kappa shape index (κ2) is 7.33. The highest BCUT2D eigenvalue weighted by atomic mass is 19.3. The normalized spacial score (nSPS) is 13.3. The first-order valence-electron chi connectivity index (χ1n) is 5.78. The zero-order valence-corrected chi connectivity index (χ0v) is 10.5. The second-order valence-corrected chi connectivity index (χ2v) is 4.18. The summed E-state index contributed by atoms with van der Waals surface area (Å²) >= 11 is 0. The van der Waals surface area contributed by atoms with Crippen LogP contribution in [0.15, 0.2) is 18.3 Å². The van der Waals surface area contributed by atoms with Gasteiger partial charge in [0.25, 0.3) is 6.43 Å². The molecule has 0 amide bonds. The molecule has 0 bridgehead atoms. The molecule has 18 heavy (non-hydrogen) atoms. The highest BCUT2D eigenvalue weighted by Crippen LogP contribution is 2.14. The van der Waals surface area contributed by atoms with Gasteiger partial charge in [0.1, 0.15) is 5.82 Å². The summed E-state index contributed by atoms with van der Waals surface area (Å²) in [4.78, 5) is 5.55. The van der Waals surface area contributed by atoms with Crippen LogP contribution in [-0.2, 0) is 0 Å². The lowest BCUT2D eigenvalue weighted by molar-refractivity contribution is 0.0985. The number of hydrogen-bond donors (Lipinski definition) is 1. The predicted octanol–water partition coefficient (Wildman–Crippen LogP) is 2.07. The first-order chi connectivity index (χ1) is 8.52. The van der Waals surface area contributed by atoms with Crippen molar-refractivity contribution in [3.63, 3.8) is 0 Å². The van der Waals surface area contributed by atoms with Crippen molar-refractivity contribution in [1.29, 1.82) is 0 Å². The van der Waals surface area contributed by atoms with Crippen LogP contribution in [0.1, 0.15) is 18.2 Å². The van der Waals surface area contributed by atoms with Gasteiger partial charge in [-0.2, -0.15) is 0 Å². The summed E-state index contributed by atoms with van der Waals surface area (Å²) in [6, 6.07) is 2.88. The van der Waals surface area contributed by atoms with Crippen molar-refractivity contribution >= 4 is 0 Å². The summed E-state index contributed by atoms with van der Waals surface area (Å²) in [6.45, 7) is 0.280. The van der Waals surface area contributed by atoms with Gasteiger partial charge in [0.15, 0.2) is 0 Å². The van der Waals surface area contributed by atoms with Crippen molar-refractivity contribution in [1.82, 2.24) is 15.2 Å². The van der Waals surface area contributed by atoms with E-state index in [1.807, 2.05) is 0 Å². The molecule has 1 rings (SSSR count). The van der Waals surface area contributed by atoms with Crippen LogP contribution in [0, 0.1) is 5.82 Å². The Balaban J connectivity index is 2.49. The third-order valence-electron chi connectivity index (χ3n) is 2.70. The summed E-state index contributed by atoms with van der Waals surface area (Å²) in [5.41, 5.74) is 0.712. The largest absolute Gasteiger partial charge is 0.312 e. The lowest BCUT2D eigenvalue weighted by Crippen LogP contribution is -2.29. The summed E-state index contributed by atoms with van der Waals surface area (Å²) < 4.78 is 37.0. The molecule has 0 radical (unpaired) electrons. The molecular weight excluding hydrogens is 243 g/mol. The first-order valence-corrected chi connectivity index (χ1v) is 5.78. The van der Waals surface area contributed by atoms with Crippen LogP contribution >= 0.6 is 0 Å². The Morgan fingerprint density at radius 2 is 2.11 bits per heavy atom. The molecule has 1 aromatic heterocycles. The summed E-state index contributed by atoms with van der Waals surface area (Å²) in [5, 5.41) is 3.05. The van der Waals surface area contributed by atoms with E-state index in [-0.39, 0.29) is 18.4 Å². The lowest BCUT2D eigenvalue weighted by Gasteiger charge is -2.20. The minimum Gasteiger partial charge on any atom is -0.312 e. The van der Waals surface area contributed by atoms with Crippen molar-refractivity contribution in [2.24, 2.45) is 0 Å². The number of nitrogens with zero attached hydrogens (tertiary/aromatic N) is 2. The predicted molar refractivity (Wildman–Crippen MR) is 64.1 cm³/mol. The number of aromatic nitrogens is 1. The zero-order valence-electron chi connectivity index (χ0n) is 10.5. The Morgan fingerprint density at radius 1 is 1.39 bits per heavy atom. The van der Waals surface area contributed by atoms with Crippen LogP contribution in [0.4, 0.5) is 13.2 Å². The molecular formula is C12H18F3N3. The van der Waals surface area contributed by atoms with Gasteiger partial charge in [-0.1, -0.05) is 0 Å². The minimum absolute atomic E-state index is 0.0641. The molecule has 0 aliphatic carbocycles. The van der Waals surface area contributed by atoms with E-state index in [0.29, 0.717) is 18.7 Å². The first kappa shape index (κ1) is 14.9. The van der Waals surface area contributed by atoms with E-state index in [1.165, 1.54) is 6.07 Å².